The third-order valence-corrected chi connectivity index (χ3v) is 6.07. The Labute approximate surface area is 183 Å². The van der Waals surface area contributed by atoms with Crippen molar-refractivity contribution in [1.29, 1.82) is 0 Å². The Morgan fingerprint density at radius 1 is 0.938 bits per heavy atom. The third-order valence-electron chi connectivity index (χ3n) is 4.95. The van der Waals surface area contributed by atoms with Crippen molar-refractivity contribution in [1.82, 2.24) is 4.98 Å². The van der Waals surface area contributed by atoms with Gasteiger partial charge in [0, 0.05) is 17.8 Å². The molecule has 0 unspecified atom stereocenters. The normalized spacial score (nSPS) is 12.2. The van der Waals surface area contributed by atoms with Gasteiger partial charge in [0.1, 0.15) is 16.4 Å². The van der Waals surface area contributed by atoms with Gasteiger partial charge in [0.05, 0.1) is 11.1 Å². The van der Waals surface area contributed by atoms with E-state index in [1.54, 1.807) is 55.5 Å². The van der Waals surface area contributed by atoms with Gasteiger partial charge in [0.15, 0.2) is 9.84 Å². The highest BCUT2D eigenvalue weighted by molar-refractivity contribution is 7.90. The van der Waals surface area contributed by atoms with Crippen LogP contribution in [0.1, 0.15) is 11.1 Å². The van der Waals surface area contributed by atoms with Gasteiger partial charge in [-0.05, 0) is 60.0 Å². The minimum absolute atomic E-state index is 0.0621. The van der Waals surface area contributed by atoms with Gasteiger partial charge in [0.25, 0.3) is 0 Å². The first-order valence-electron chi connectivity index (χ1n) is 9.58. The fraction of sp³-hybridized carbons (Fsp3) is 0.125. The summed E-state index contributed by atoms with van der Waals surface area (Å²) in [6.45, 7) is 1.78. The maximum atomic E-state index is 13.4. The lowest BCUT2D eigenvalue weighted by Crippen LogP contribution is -2.06. The molecule has 0 aliphatic carbocycles. The Balaban J connectivity index is 1.80. The molecular formula is C24H18F3NO3S. The van der Waals surface area contributed by atoms with Crippen LogP contribution in [-0.4, -0.2) is 19.7 Å². The summed E-state index contributed by atoms with van der Waals surface area (Å²) in [5.41, 5.74) is 1.000. The molecule has 0 N–H and O–H groups in total. The highest BCUT2D eigenvalue weighted by Gasteiger charge is 2.33. The molecular weight excluding hydrogens is 439 g/mol. The number of pyridine rings is 1. The summed E-state index contributed by atoms with van der Waals surface area (Å²) in [4.78, 5) is 4.01. The Kier molecular flexibility index (Phi) is 5.42. The molecule has 1 aromatic heterocycles. The van der Waals surface area contributed by atoms with Gasteiger partial charge in [-0.15, -0.1) is 0 Å². The second-order valence-electron chi connectivity index (χ2n) is 7.41. The fourth-order valence-corrected chi connectivity index (χ4v) is 4.38. The SMILES string of the molecule is Cc1ccc(Oc2cccc(-c3ccnc4c(C(F)(F)F)cccc34)c2)c(S(C)(=O)=O)c1. The number of rotatable bonds is 4. The quantitative estimate of drug-likeness (QED) is 0.355. The highest BCUT2D eigenvalue weighted by atomic mass is 32.2. The molecule has 4 aromatic rings. The van der Waals surface area contributed by atoms with E-state index in [-0.39, 0.29) is 16.2 Å². The molecule has 0 saturated heterocycles. The standard InChI is InChI=1S/C24H18F3NO3S/c1-15-9-10-21(22(13-15)32(2,29)30)31-17-6-3-5-16(14-17)18-11-12-28-23-19(18)7-4-8-20(23)24(25,26)27/h3-14H,1-2H3. The molecule has 0 saturated carbocycles. The van der Waals surface area contributed by atoms with Crippen molar-refractivity contribution in [3.63, 3.8) is 0 Å². The van der Waals surface area contributed by atoms with Crippen LogP contribution in [0.25, 0.3) is 22.0 Å². The molecule has 0 spiro atoms. The molecule has 164 valence electrons. The molecule has 0 atom stereocenters. The molecule has 3 aromatic carbocycles. The lowest BCUT2D eigenvalue weighted by Gasteiger charge is -2.14. The van der Waals surface area contributed by atoms with Crippen LogP contribution >= 0.6 is 0 Å². The first-order valence-corrected chi connectivity index (χ1v) is 11.5. The molecule has 4 nitrogen and oxygen atoms in total. The van der Waals surface area contributed by atoms with Crippen LogP contribution in [0, 0.1) is 6.92 Å². The Hall–Kier alpha value is -3.39. The van der Waals surface area contributed by atoms with E-state index in [4.69, 9.17) is 4.74 Å². The summed E-state index contributed by atoms with van der Waals surface area (Å²) in [7, 11) is -3.53. The average molecular weight is 457 g/mol. The number of aromatic nitrogens is 1. The lowest BCUT2D eigenvalue weighted by atomic mass is 9.99. The largest absolute Gasteiger partial charge is 0.456 e. The van der Waals surface area contributed by atoms with Crippen LogP contribution in [0.5, 0.6) is 11.5 Å². The predicted molar refractivity (Wildman–Crippen MR) is 117 cm³/mol. The van der Waals surface area contributed by atoms with E-state index in [2.05, 4.69) is 4.98 Å². The summed E-state index contributed by atoms with van der Waals surface area (Å²) in [6.07, 6.45) is -2.09. The molecule has 1 heterocycles. The molecule has 0 aliphatic heterocycles. The topological polar surface area (TPSA) is 56.3 Å². The molecule has 32 heavy (non-hydrogen) atoms. The number of sulfone groups is 1. The number of aryl methyl sites for hydroxylation is 1. The van der Waals surface area contributed by atoms with Crippen LogP contribution in [0.15, 0.2) is 77.8 Å². The molecule has 0 aliphatic rings. The highest BCUT2D eigenvalue weighted by Crippen LogP contribution is 2.38. The Morgan fingerprint density at radius 2 is 1.69 bits per heavy atom. The Morgan fingerprint density at radius 3 is 2.41 bits per heavy atom. The van der Waals surface area contributed by atoms with Gasteiger partial charge in [-0.1, -0.05) is 30.3 Å². The number of hydrogen-bond donors (Lipinski definition) is 0. The fourth-order valence-electron chi connectivity index (χ4n) is 3.50. The van der Waals surface area contributed by atoms with Crippen LogP contribution < -0.4 is 4.74 Å². The monoisotopic (exact) mass is 457 g/mol. The van der Waals surface area contributed by atoms with Crippen molar-refractivity contribution >= 4 is 20.7 Å². The van der Waals surface area contributed by atoms with Crippen LogP contribution in [0.2, 0.25) is 0 Å². The third kappa shape index (κ3) is 4.31. The number of fused-ring (bicyclic) bond motifs is 1. The van der Waals surface area contributed by atoms with Crippen molar-refractivity contribution in [2.45, 2.75) is 18.0 Å². The van der Waals surface area contributed by atoms with Crippen molar-refractivity contribution in [2.75, 3.05) is 6.26 Å². The molecule has 0 fully saturated rings. The smallest absolute Gasteiger partial charge is 0.418 e. The molecule has 0 bridgehead atoms. The maximum Gasteiger partial charge on any atom is 0.418 e. The first-order chi connectivity index (χ1) is 15.0. The second-order valence-corrected chi connectivity index (χ2v) is 9.39. The van der Waals surface area contributed by atoms with E-state index in [0.29, 0.717) is 22.3 Å². The van der Waals surface area contributed by atoms with E-state index in [1.165, 1.54) is 18.3 Å². The summed E-state index contributed by atoms with van der Waals surface area (Å²) < 4.78 is 70.4. The first kappa shape index (κ1) is 21.8. The number of halogens is 3. The van der Waals surface area contributed by atoms with Gasteiger partial charge in [0.2, 0.25) is 0 Å². The lowest BCUT2D eigenvalue weighted by molar-refractivity contribution is -0.136. The van der Waals surface area contributed by atoms with E-state index in [9.17, 15) is 21.6 Å². The number of nitrogens with zero attached hydrogens (tertiary/aromatic N) is 1. The second kappa shape index (κ2) is 7.94. The van der Waals surface area contributed by atoms with Crippen molar-refractivity contribution in [3.05, 3.63) is 84.1 Å². The molecule has 8 heteroatoms. The minimum Gasteiger partial charge on any atom is -0.456 e. The average Bonchev–Trinajstić information content (AvgIpc) is 2.73. The zero-order valence-electron chi connectivity index (χ0n) is 17.1. The van der Waals surface area contributed by atoms with Crippen molar-refractivity contribution in [3.8, 4) is 22.6 Å². The molecule has 0 radical (unpaired) electrons. The van der Waals surface area contributed by atoms with Crippen molar-refractivity contribution < 1.29 is 26.3 Å². The van der Waals surface area contributed by atoms with Crippen LogP contribution in [0.3, 0.4) is 0 Å². The summed E-state index contributed by atoms with van der Waals surface area (Å²) in [5, 5.41) is 0.353. The summed E-state index contributed by atoms with van der Waals surface area (Å²) in [5.74, 6) is 0.530. The van der Waals surface area contributed by atoms with E-state index in [0.717, 1.165) is 17.9 Å². The molecule has 0 amide bonds. The zero-order chi connectivity index (χ0) is 23.1. The summed E-state index contributed by atoms with van der Waals surface area (Å²) in [6, 6.07) is 17.2. The number of hydrogen-bond acceptors (Lipinski definition) is 4. The number of alkyl halides is 3. The minimum atomic E-state index is -4.52. The number of para-hydroxylation sites is 1. The zero-order valence-corrected chi connectivity index (χ0v) is 18.0. The van der Waals surface area contributed by atoms with Gasteiger partial charge < -0.3 is 4.74 Å². The van der Waals surface area contributed by atoms with Gasteiger partial charge in [-0.3, -0.25) is 4.98 Å². The summed E-state index contributed by atoms with van der Waals surface area (Å²) >= 11 is 0. The van der Waals surface area contributed by atoms with Gasteiger partial charge in [-0.25, -0.2) is 8.42 Å². The van der Waals surface area contributed by atoms with Crippen LogP contribution in [-0.2, 0) is 16.0 Å². The van der Waals surface area contributed by atoms with E-state index in [1.807, 2.05) is 0 Å². The van der Waals surface area contributed by atoms with E-state index < -0.39 is 21.6 Å². The van der Waals surface area contributed by atoms with Crippen LogP contribution in [0.4, 0.5) is 13.2 Å². The maximum absolute atomic E-state index is 13.4. The van der Waals surface area contributed by atoms with Gasteiger partial charge in [-0.2, -0.15) is 13.2 Å². The Bertz CT molecular complexity index is 1430. The van der Waals surface area contributed by atoms with E-state index >= 15 is 0 Å². The van der Waals surface area contributed by atoms with Crippen molar-refractivity contribution in [2.24, 2.45) is 0 Å². The van der Waals surface area contributed by atoms with Gasteiger partial charge >= 0.3 is 6.18 Å². The number of ether oxygens (including phenoxy) is 1. The predicted octanol–water partition coefficient (Wildman–Crippen LogP) is 6.42. The number of benzene rings is 3. The molecule has 4 rings (SSSR count).